The number of nitrogens with one attached hydrogen (secondary N) is 2. The fraction of sp³-hybridized carbons (Fsp3) is 0.190. The minimum Gasteiger partial charge on any atom is -0.489 e. The molecule has 8 heteroatoms. The molecule has 0 radical (unpaired) electrons. The van der Waals surface area contributed by atoms with E-state index in [4.69, 9.17) is 9.84 Å². The van der Waals surface area contributed by atoms with Crippen molar-refractivity contribution in [1.29, 1.82) is 0 Å². The highest BCUT2D eigenvalue weighted by molar-refractivity contribution is 5.88. The van der Waals surface area contributed by atoms with Gasteiger partial charge in [-0.05, 0) is 29.8 Å². The van der Waals surface area contributed by atoms with E-state index in [1.54, 1.807) is 10.8 Å². The van der Waals surface area contributed by atoms with E-state index in [-0.39, 0.29) is 19.0 Å². The second kappa shape index (κ2) is 9.41. The molecule has 29 heavy (non-hydrogen) atoms. The predicted octanol–water partition coefficient (Wildman–Crippen LogP) is 1.54. The largest absolute Gasteiger partial charge is 0.489 e. The van der Waals surface area contributed by atoms with E-state index in [2.05, 4.69) is 10.6 Å². The van der Waals surface area contributed by atoms with E-state index in [0.717, 1.165) is 22.2 Å². The Morgan fingerprint density at radius 3 is 2.45 bits per heavy atom. The van der Waals surface area contributed by atoms with Gasteiger partial charge >= 0.3 is 5.97 Å². The Morgan fingerprint density at radius 1 is 0.931 bits per heavy atom. The molecule has 2 amide bonds. The van der Waals surface area contributed by atoms with Crippen molar-refractivity contribution in [2.75, 3.05) is 13.1 Å². The number of ether oxygens (including phenoxy) is 1. The highest BCUT2D eigenvalue weighted by atomic mass is 16.5. The number of rotatable bonds is 9. The lowest BCUT2D eigenvalue weighted by atomic mass is 10.2. The summed E-state index contributed by atoms with van der Waals surface area (Å²) in [5.74, 6) is -1.31. The molecule has 150 valence electrons. The Bertz CT molecular complexity index is 1010. The summed E-state index contributed by atoms with van der Waals surface area (Å²) in [5.41, 5.74) is 1.94. The third-order valence-corrected chi connectivity index (χ3v) is 4.19. The molecule has 0 saturated heterocycles. The van der Waals surface area contributed by atoms with Crippen LogP contribution in [0.15, 0.2) is 60.8 Å². The average molecular weight is 395 g/mol. The Labute approximate surface area is 167 Å². The minimum atomic E-state index is -1.14. The normalized spacial score (nSPS) is 10.5. The molecule has 1 heterocycles. The van der Waals surface area contributed by atoms with Crippen LogP contribution in [0.1, 0.15) is 5.56 Å². The van der Waals surface area contributed by atoms with Crippen molar-refractivity contribution in [3.63, 3.8) is 0 Å². The molecule has 2 aromatic carbocycles. The molecule has 0 aliphatic heterocycles. The first-order chi connectivity index (χ1) is 14.0. The van der Waals surface area contributed by atoms with Crippen LogP contribution in [-0.2, 0) is 27.5 Å². The number of aromatic nitrogens is 1. The molecular formula is C21H21N3O5. The zero-order valence-electron chi connectivity index (χ0n) is 15.6. The van der Waals surface area contributed by atoms with Crippen molar-refractivity contribution in [3.8, 4) is 5.75 Å². The van der Waals surface area contributed by atoms with Crippen molar-refractivity contribution in [2.24, 2.45) is 0 Å². The molecule has 1 aromatic heterocycles. The smallest absolute Gasteiger partial charge is 0.322 e. The molecule has 0 saturated carbocycles. The molecule has 0 aliphatic rings. The van der Waals surface area contributed by atoms with E-state index >= 15 is 0 Å². The van der Waals surface area contributed by atoms with E-state index in [0.29, 0.717) is 6.61 Å². The molecule has 3 rings (SSSR count). The first-order valence-electron chi connectivity index (χ1n) is 9.02. The maximum atomic E-state index is 12.1. The standard InChI is InChI=1S/C21H21N3O5/c25-19(23-12-21(27)28)11-22-20(26)13-24-9-8-16-10-17(6-7-18(16)24)29-14-15-4-2-1-3-5-15/h1-10H,11-14H2,(H,22,26)(H,23,25)(H,27,28). The summed E-state index contributed by atoms with van der Waals surface area (Å²) in [6.07, 6.45) is 1.79. The topological polar surface area (TPSA) is 110 Å². The van der Waals surface area contributed by atoms with E-state index in [1.807, 2.05) is 54.6 Å². The quantitative estimate of drug-likeness (QED) is 0.509. The number of aliphatic carboxylic acids is 1. The molecule has 0 fully saturated rings. The number of amides is 2. The molecule has 3 N–H and O–H groups in total. The molecule has 0 spiro atoms. The van der Waals surface area contributed by atoms with Gasteiger partial charge in [0.2, 0.25) is 11.8 Å². The predicted molar refractivity (Wildman–Crippen MR) is 106 cm³/mol. The van der Waals surface area contributed by atoms with Crippen LogP contribution >= 0.6 is 0 Å². The molecule has 0 unspecified atom stereocenters. The number of fused-ring (bicyclic) bond motifs is 1. The van der Waals surface area contributed by atoms with Gasteiger partial charge in [0, 0.05) is 17.1 Å². The van der Waals surface area contributed by atoms with Crippen molar-refractivity contribution >= 4 is 28.7 Å². The van der Waals surface area contributed by atoms with Gasteiger partial charge in [-0.1, -0.05) is 30.3 Å². The van der Waals surface area contributed by atoms with Crippen LogP contribution in [0.25, 0.3) is 10.9 Å². The van der Waals surface area contributed by atoms with Gasteiger partial charge in [-0.15, -0.1) is 0 Å². The maximum absolute atomic E-state index is 12.1. The van der Waals surface area contributed by atoms with Crippen molar-refractivity contribution in [1.82, 2.24) is 15.2 Å². The van der Waals surface area contributed by atoms with Crippen LogP contribution < -0.4 is 15.4 Å². The number of carbonyl (C=O) groups excluding carboxylic acids is 2. The maximum Gasteiger partial charge on any atom is 0.322 e. The van der Waals surface area contributed by atoms with Crippen LogP contribution in [0.5, 0.6) is 5.75 Å². The highest BCUT2D eigenvalue weighted by Gasteiger charge is 2.10. The lowest BCUT2D eigenvalue weighted by molar-refractivity contribution is -0.137. The summed E-state index contributed by atoms with van der Waals surface area (Å²) < 4.78 is 7.59. The number of hydrogen-bond acceptors (Lipinski definition) is 4. The van der Waals surface area contributed by atoms with Gasteiger partial charge in [0.05, 0.1) is 6.54 Å². The first kappa shape index (κ1) is 19.9. The van der Waals surface area contributed by atoms with Crippen LogP contribution in [0.2, 0.25) is 0 Å². The van der Waals surface area contributed by atoms with Gasteiger partial charge in [0.25, 0.3) is 0 Å². The number of carbonyl (C=O) groups is 3. The summed E-state index contributed by atoms with van der Waals surface area (Å²) in [7, 11) is 0. The molecule has 8 nitrogen and oxygen atoms in total. The van der Waals surface area contributed by atoms with Crippen molar-refractivity contribution in [2.45, 2.75) is 13.2 Å². The summed E-state index contributed by atoms with van der Waals surface area (Å²) >= 11 is 0. The number of benzene rings is 2. The molecular weight excluding hydrogens is 374 g/mol. The van der Waals surface area contributed by atoms with Gasteiger partial charge < -0.3 is 25.0 Å². The third-order valence-electron chi connectivity index (χ3n) is 4.19. The fourth-order valence-corrected chi connectivity index (χ4v) is 2.77. The fourth-order valence-electron chi connectivity index (χ4n) is 2.77. The van der Waals surface area contributed by atoms with Gasteiger partial charge in [0.1, 0.15) is 25.4 Å². The summed E-state index contributed by atoms with van der Waals surface area (Å²) in [4.78, 5) is 33.9. The highest BCUT2D eigenvalue weighted by Crippen LogP contribution is 2.22. The average Bonchev–Trinajstić information content (AvgIpc) is 3.12. The minimum absolute atomic E-state index is 0.0416. The first-order valence-corrected chi connectivity index (χ1v) is 9.02. The van der Waals surface area contributed by atoms with Crippen molar-refractivity contribution in [3.05, 3.63) is 66.4 Å². The van der Waals surface area contributed by atoms with Gasteiger partial charge in [0.15, 0.2) is 0 Å². The van der Waals surface area contributed by atoms with Crippen LogP contribution in [-0.4, -0.2) is 40.5 Å². The SMILES string of the molecule is O=C(O)CNC(=O)CNC(=O)Cn1ccc2cc(OCc3ccccc3)ccc21. The third kappa shape index (κ3) is 5.83. The number of hydrogen-bond donors (Lipinski definition) is 3. The number of carboxylic acid groups (broad SMARTS) is 1. The molecule has 0 atom stereocenters. The number of nitrogens with zero attached hydrogens (tertiary/aromatic N) is 1. The summed E-state index contributed by atoms with van der Waals surface area (Å²) in [6, 6.07) is 17.4. The van der Waals surface area contributed by atoms with E-state index < -0.39 is 18.4 Å². The molecule has 3 aromatic rings. The lowest BCUT2D eigenvalue weighted by Crippen LogP contribution is -2.40. The van der Waals surface area contributed by atoms with E-state index in [1.165, 1.54) is 0 Å². The molecule has 0 aliphatic carbocycles. The second-order valence-electron chi connectivity index (χ2n) is 6.39. The van der Waals surface area contributed by atoms with Gasteiger partial charge in [-0.3, -0.25) is 14.4 Å². The zero-order valence-corrected chi connectivity index (χ0v) is 15.6. The Kier molecular flexibility index (Phi) is 6.47. The number of carboxylic acids is 1. The van der Waals surface area contributed by atoms with Crippen molar-refractivity contribution < 1.29 is 24.2 Å². The van der Waals surface area contributed by atoms with Gasteiger partial charge in [-0.25, -0.2) is 0 Å². The lowest BCUT2D eigenvalue weighted by Gasteiger charge is -2.09. The Morgan fingerprint density at radius 2 is 1.69 bits per heavy atom. The van der Waals surface area contributed by atoms with Crippen LogP contribution in [0.3, 0.4) is 0 Å². The van der Waals surface area contributed by atoms with E-state index in [9.17, 15) is 14.4 Å². The summed E-state index contributed by atoms with van der Waals surface area (Å²) in [5, 5.41) is 14.1. The monoisotopic (exact) mass is 395 g/mol. The summed E-state index contributed by atoms with van der Waals surface area (Å²) in [6.45, 7) is -0.242. The molecule has 0 bridgehead atoms. The van der Waals surface area contributed by atoms with Gasteiger partial charge in [-0.2, -0.15) is 0 Å². The Balaban J connectivity index is 1.54. The van der Waals surface area contributed by atoms with Crippen LogP contribution in [0, 0.1) is 0 Å². The second-order valence-corrected chi connectivity index (χ2v) is 6.39. The Hall–Kier alpha value is -3.81. The van der Waals surface area contributed by atoms with Crippen LogP contribution in [0.4, 0.5) is 0 Å². The zero-order chi connectivity index (χ0) is 20.6.